The van der Waals surface area contributed by atoms with Crippen molar-refractivity contribution < 1.29 is 53.8 Å². The van der Waals surface area contributed by atoms with Gasteiger partial charge in [-0.05, 0) is 33.8 Å². The SMILES string of the molecule is CO[C@@H]1C=CO[C@@]2(C)Oc3c(C)c(O)c4c(O)c(c5c(c4c3C2=O)=NC2(CCN(CCn3c(C)cnc3C)CC2)N=5)NC(=O)C(C)=CC=C[C@H](C)[C@H](O)[C@@H](C)[C@@H](O)[C@@H](C)[C@H](OC(C)=O)[C@@H]1C. The Hall–Kier alpha value is -5.62. The number of benzene rings is 2. The molecule has 1 saturated heterocycles. The van der Waals surface area contributed by atoms with E-state index in [9.17, 15) is 34.8 Å². The van der Waals surface area contributed by atoms with Crippen LogP contribution < -0.4 is 20.8 Å². The maximum atomic E-state index is 14.8. The predicted molar refractivity (Wildman–Crippen MR) is 245 cm³/mol. The molecule has 1 amide bonds. The van der Waals surface area contributed by atoms with Crippen molar-refractivity contribution in [3.8, 4) is 17.2 Å². The molecule has 1 spiro atoms. The standard InChI is InChI=1S/C49H64N6O11/c1-24-13-12-14-25(2)47(62)51-39-38-37(52-49(53-38)16-18-54(19-17-49)20-21-55-26(3)23-50-31(55)8)34-35(43(39)60)42(59)30(7)45-36(34)46(61)48(10,66-45)64-22-15-33(63-11)27(4)44(65-32(9)56)29(6)41(58)28(5)40(24)57/h12-15,22-24,27-29,33,40-41,44,57-60H,16-21H2,1-11H3,(H,51,62)/t24-,27+,28+,29+,33+,40-,41+,44+,48-/m0/s1. The van der Waals surface area contributed by atoms with E-state index in [0.29, 0.717) is 25.9 Å². The largest absolute Gasteiger partial charge is 0.507 e. The van der Waals surface area contributed by atoms with Gasteiger partial charge in [0.25, 0.3) is 11.7 Å². The number of rotatable bonds is 5. The van der Waals surface area contributed by atoms with Crippen LogP contribution in [0.25, 0.3) is 10.8 Å². The number of aliphatic hydroxyl groups is 2. The molecule has 66 heavy (non-hydrogen) atoms. The number of phenolic OH excluding ortho intramolecular Hbond substituents is 2. The van der Waals surface area contributed by atoms with Gasteiger partial charge < -0.3 is 54.2 Å². The summed E-state index contributed by atoms with van der Waals surface area (Å²) in [6, 6.07) is 0. The van der Waals surface area contributed by atoms with E-state index in [0.717, 1.165) is 24.6 Å². The number of amides is 1. The summed E-state index contributed by atoms with van der Waals surface area (Å²) in [6.07, 6.45) is 6.76. The fourth-order valence-corrected chi connectivity index (χ4v) is 9.89. The van der Waals surface area contributed by atoms with Gasteiger partial charge in [0.05, 0.1) is 40.9 Å². The molecule has 4 aliphatic heterocycles. The van der Waals surface area contributed by atoms with E-state index in [-0.39, 0.29) is 55.4 Å². The van der Waals surface area contributed by atoms with E-state index in [1.807, 2.05) is 20.0 Å². The molecule has 0 unspecified atom stereocenters. The lowest BCUT2D eigenvalue weighted by molar-refractivity contribution is -0.160. The van der Waals surface area contributed by atoms with Crippen LogP contribution in [-0.4, -0.2) is 115 Å². The zero-order valence-corrected chi connectivity index (χ0v) is 39.7. The van der Waals surface area contributed by atoms with Gasteiger partial charge in [0, 0.05) is 112 Å². The van der Waals surface area contributed by atoms with Crippen molar-refractivity contribution >= 4 is 34.1 Å². The van der Waals surface area contributed by atoms with Crippen LogP contribution >= 0.6 is 0 Å². The van der Waals surface area contributed by atoms with Crippen LogP contribution in [0, 0.1) is 44.4 Å². The van der Waals surface area contributed by atoms with Gasteiger partial charge in [0.2, 0.25) is 0 Å². The van der Waals surface area contributed by atoms with Gasteiger partial charge in [-0.1, -0.05) is 45.9 Å². The quantitative estimate of drug-likeness (QED) is 0.174. The highest BCUT2D eigenvalue weighted by Gasteiger charge is 2.50. The fraction of sp³-hybridized carbons (Fsp3) is 0.551. The Morgan fingerprint density at radius 2 is 1.61 bits per heavy atom. The number of fused-ring (bicyclic) bond motifs is 1. The number of nitrogens with one attached hydrogen (secondary N) is 1. The molecule has 4 aliphatic rings. The molecule has 17 heteroatoms. The van der Waals surface area contributed by atoms with E-state index in [1.165, 1.54) is 27.2 Å². The minimum atomic E-state index is -1.98. The topological polar surface area (TPSA) is 227 Å². The molecule has 4 bridgehead atoms. The fourth-order valence-electron chi connectivity index (χ4n) is 9.89. The number of ketones is 1. The third-order valence-electron chi connectivity index (χ3n) is 14.2. The second kappa shape index (κ2) is 18.6. The number of methoxy groups -OCH3 is 1. The number of hydrogen-bond donors (Lipinski definition) is 5. The second-order valence-corrected chi connectivity index (χ2v) is 18.7. The number of likely N-dealkylation sites (tertiary alicyclic amines) is 1. The van der Waals surface area contributed by atoms with E-state index >= 15 is 0 Å². The molecule has 17 nitrogen and oxygen atoms in total. The number of carbonyl (C=O) groups is 3. The minimum Gasteiger partial charge on any atom is -0.507 e. The summed E-state index contributed by atoms with van der Waals surface area (Å²) in [5.41, 5.74) is 0.412. The first-order chi connectivity index (χ1) is 31.1. The van der Waals surface area contributed by atoms with Crippen molar-refractivity contribution in [2.24, 2.45) is 33.7 Å². The summed E-state index contributed by atoms with van der Waals surface area (Å²) in [4.78, 5) is 58.4. The zero-order valence-electron chi connectivity index (χ0n) is 39.7. The lowest BCUT2D eigenvalue weighted by Gasteiger charge is -2.38. The van der Waals surface area contributed by atoms with Crippen LogP contribution in [0.1, 0.15) is 88.7 Å². The number of aromatic hydroxyl groups is 2. The number of hydrogen-bond acceptors (Lipinski definition) is 15. The van der Waals surface area contributed by atoms with Crippen LogP contribution in [0.3, 0.4) is 0 Å². The number of nitrogens with zero attached hydrogens (tertiary/aromatic N) is 5. The van der Waals surface area contributed by atoms with Gasteiger partial charge in [-0.15, -0.1) is 0 Å². The Morgan fingerprint density at radius 1 is 0.924 bits per heavy atom. The minimum absolute atomic E-state index is 0.0237. The number of aliphatic hydroxyl groups excluding tert-OH is 2. The van der Waals surface area contributed by atoms with Crippen LogP contribution in [0.5, 0.6) is 17.2 Å². The number of phenols is 2. The molecular weight excluding hydrogens is 849 g/mol. The number of imidazole rings is 1. The molecule has 5 heterocycles. The lowest BCUT2D eigenvalue weighted by Crippen LogP contribution is -2.46. The maximum Gasteiger partial charge on any atom is 0.312 e. The summed E-state index contributed by atoms with van der Waals surface area (Å²) in [5, 5.41) is 50.4. The first-order valence-electron chi connectivity index (χ1n) is 22.7. The molecule has 0 saturated carbocycles. The van der Waals surface area contributed by atoms with Crippen LogP contribution in [0.15, 0.2) is 52.3 Å². The number of esters is 1. The van der Waals surface area contributed by atoms with Crippen LogP contribution in [0.4, 0.5) is 5.69 Å². The van der Waals surface area contributed by atoms with E-state index < -0.39 is 82.9 Å². The summed E-state index contributed by atoms with van der Waals surface area (Å²) >= 11 is 0. The van der Waals surface area contributed by atoms with Gasteiger partial charge in [-0.25, -0.2) is 4.98 Å². The summed E-state index contributed by atoms with van der Waals surface area (Å²) in [6.45, 7) is 19.7. The molecule has 0 aliphatic carbocycles. The average Bonchev–Trinajstić information content (AvgIpc) is 3.91. The molecule has 0 radical (unpaired) electrons. The molecule has 3 aromatic rings. The van der Waals surface area contributed by atoms with Gasteiger partial charge in [0.15, 0.2) is 11.4 Å². The summed E-state index contributed by atoms with van der Waals surface area (Å²) in [7, 11) is 1.47. The molecule has 1 aromatic heterocycles. The third-order valence-corrected chi connectivity index (χ3v) is 14.2. The molecule has 9 atom stereocenters. The molecule has 356 valence electrons. The number of allylic oxidation sites excluding steroid dienone is 2. The van der Waals surface area contributed by atoms with Crippen LogP contribution in [-0.2, 0) is 30.3 Å². The number of Topliss-reactive ketones (excluding diaryl/α,β-unsaturated/α-hetero) is 1. The Kier molecular flexibility index (Phi) is 13.6. The smallest absolute Gasteiger partial charge is 0.312 e. The predicted octanol–water partition coefficient (Wildman–Crippen LogP) is 4.61. The average molecular weight is 913 g/mol. The molecule has 1 fully saturated rings. The highest BCUT2D eigenvalue weighted by Crippen LogP contribution is 2.50. The number of aryl methyl sites for hydroxylation is 2. The Labute approximate surface area is 384 Å². The first kappa shape index (κ1) is 48.3. The van der Waals surface area contributed by atoms with Gasteiger partial charge >= 0.3 is 11.8 Å². The van der Waals surface area contributed by atoms with Gasteiger partial charge in [-0.2, -0.15) is 0 Å². The Balaban J connectivity index is 1.35. The van der Waals surface area contributed by atoms with Crippen molar-refractivity contribution in [2.75, 3.05) is 32.1 Å². The molecule has 2 aromatic carbocycles. The molecular formula is C49H64N6O11. The van der Waals surface area contributed by atoms with Crippen molar-refractivity contribution in [1.29, 1.82) is 0 Å². The Bertz CT molecular complexity index is 2630. The van der Waals surface area contributed by atoms with E-state index in [1.54, 1.807) is 65.8 Å². The van der Waals surface area contributed by atoms with E-state index in [2.05, 4.69) is 19.8 Å². The van der Waals surface area contributed by atoms with Crippen molar-refractivity contribution in [3.05, 3.63) is 75.7 Å². The van der Waals surface area contributed by atoms with Gasteiger partial charge in [0.1, 0.15) is 34.5 Å². The summed E-state index contributed by atoms with van der Waals surface area (Å²) < 4.78 is 26.2. The number of anilines is 1. The first-order valence-corrected chi connectivity index (χ1v) is 22.7. The normalized spacial score (nSPS) is 29.3. The zero-order chi connectivity index (χ0) is 48.2. The van der Waals surface area contributed by atoms with Crippen molar-refractivity contribution in [3.63, 3.8) is 0 Å². The van der Waals surface area contributed by atoms with Crippen molar-refractivity contribution in [1.82, 2.24) is 14.5 Å². The number of piperidine rings is 1. The number of ether oxygens (including phenoxy) is 4. The van der Waals surface area contributed by atoms with Crippen molar-refractivity contribution in [2.45, 2.75) is 124 Å². The van der Waals surface area contributed by atoms with Gasteiger partial charge in [-0.3, -0.25) is 24.4 Å². The van der Waals surface area contributed by atoms with E-state index in [4.69, 9.17) is 28.9 Å². The lowest BCUT2D eigenvalue weighted by atomic mass is 9.78. The number of aromatic nitrogens is 2. The highest BCUT2D eigenvalue weighted by molar-refractivity contribution is 6.19. The molecule has 5 N–H and O–H groups in total. The molecule has 7 rings (SSSR count). The highest BCUT2D eigenvalue weighted by atomic mass is 16.7. The summed E-state index contributed by atoms with van der Waals surface area (Å²) in [5.74, 6) is -6.07. The van der Waals surface area contributed by atoms with Crippen LogP contribution in [0.2, 0.25) is 0 Å². The maximum absolute atomic E-state index is 14.8. The third kappa shape index (κ3) is 8.73. The monoisotopic (exact) mass is 912 g/mol. The Morgan fingerprint density at radius 3 is 2.24 bits per heavy atom. The number of carbonyl (C=O) groups excluding carboxylic acids is 3. The second-order valence-electron chi connectivity index (χ2n) is 18.7.